The van der Waals surface area contributed by atoms with Gasteiger partial charge in [-0.05, 0) is 25.0 Å². The third kappa shape index (κ3) is 1.95. The van der Waals surface area contributed by atoms with Crippen molar-refractivity contribution in [1.29, 1.82) is 5.26 Å². The minimum atomic E-state index is -0.673. The second-order valence-corrected chi connectivity index (χ2v) is 5.34. The van der Waals surface area contributed by atoms with E-state index in [1.54, 1.807) is 12.1 Å². The van der Waals surface area contributed by atoms with E-state index in [-0.39, 0.29) is 5.75 Å². The van der Waals surface area contributed by atoms with E-state index in [4.69, 9.17) is 4.74 Å². The van der Waals surface area contributed by atoms with Crippen molar-refractivity contribution < 1.29 is 9.84 Å². The summed E-state index contributed by atoms with van der Waals surface area (Å²) in [6, 6.07) is 7.53. The molecule has 3 rings (SSSR count). The molecule has 1 atom stereocenters. The average molecular weight is 258 g/mol. The van der Waals surface area contributed by atoms with Crippen molar-refractivity contribution in [3.63, 3.8) is 0 Å². The normalized spacial score (nSPS) is 27.1. The Morgan fingerprint density at radius 1 is 1.21 bits per heavy atom. The van der Waals surface area contributed by atoms with E-state index in [0.717, 1.165) is 31.5 Å². The molecule has 2 aliphatic rings. The molecule has 1 unspecified atom stereocenters. The molecule has 1 fully saturated rings. The SMILES string of the molecule is N#CC1(N2CCCCCC2)COc2cc(O)ccc21. The van der Waals surface area contributed by atoms with Crippen molar-refractivity contribution in [2.45, 2.75) is 31.2 Å². The quantitative estimate of drug-likeness (QED) is 0.840. The molecule has 1 aromatic rings. The fraction of sp³-hybridized carbons (Fsp3) is 0.533. The third-order valence-electron chi connectivity index (χ3n) is 4.18. The number of hydrogen-bond donors (Lipinski definition) is 1. The first-order chi connectivity index (χ1) is 9.26. The van der Waals surface area contributed by atoms with Gasteiger partial charge in [0, 0.05) is 24.7 Å². The summed E-state index contributed by atoms with van der Waals surface area (Å²) < 4.78 is 5.66. The molecule has 0 radical (unpaired) electrons. The fourth-order valence-electron chi connectivity index (χ4n) is 3.11. The molecular formula is C15H18N2O2. The van der Waals surface area contributed by atoms with Crippen LogP contribution in [0.2, 0.25) is 0 Å². The summed E-state index contributed by atoms with van der Waals surface area (Å²) in [4.78, 5) is 2.25. The summed E-state index contributed by atoms with van der Waals surface area (Å²) in [6.45, 7) is 2.25. The first kappa shape index (κ1) is 12.3. The number of nitrogens with zero attached hydrogens (tertiary/aromatic N) is 2. The van der Waals surface area contributed by atoms with Crippen molar-refractivity contribution in [2.24, 2.45) is 0 Å². The highest BCUT2D eigenvalue weighted by Gasteiger charge is 2.46. The summed E-state index contributed by atoms with van der Waals surface area (Å²) in [5.41, 5.74) is 0.225. The number of hydrogen-bond acceptors (Lipinski definition) is 4. The smallest absolute Gasteiger partial charge is 0.172 e. The Hall–Kier alpha value is -1.73. The Balaban J connectivity index is 2.00. The van der Waals surface area contributed by atoms with Crippen LogP contribution in [0.15, 0.2) is 18.2 Å². The van der Waals surface area contributed by atoms with Crippen LogP contribution < -0.4 is 4.74 Å². The number of aromatic hydroxyl groups is 1. The van der Waals surface area contributed by atoms with Crippen LogP contribution in [0.1, 0.15) is 31.2 Å². The molecule has 4 nitrogen and oxygen atoms in total. The lowest BCUT2D eigenvalue weighted by atomic mass is 9.91. The van der Waals surface area contributed by atoms with Gasteiger partial charge < -0.3 is 9.84 Å². The number of phenols is 1. The van der Waals surface area contributed by atoms with E-state index >= 15 is 0 Å². The molecule has 0 spiro atoms. The fourth-order valence-corrected chi connectivity index (χ4v) is 3.11. The van der Waals surface area contributed by atoms with Gasteiger partial charge in [0.05, 0.1) is 6.07 Å². The molecule has 4 heteroatoms. The Labute approximate surface area is 113 Å². The standard InChI is InChI=1S/C15H18N2O2/c16-10-15(17-7-3-1-2-4-8-17)11-19-14-9-12(18)5-6-13(14)15/h5-6,9,18H,1-4,7-8,11H2. The van der Waals surface area contributed by atoms with E-state index in [9.17, 15) is 10.4 Å². The van der Waals surface area contributed by atoms with E-state index in [1.807, 2.05) is 6.07 Å². The predicted molar refractivity (Wildman–Crippen MR) is 70.9 cm³/mol. The molecule has 0 aromatic heterocycles. The molecule has 1 N–H and O–H groups in total. The maximum atomic E-state index is 9.74. The van der Waals surface area contributed by atoms with E-state index in [1.165, 1.54) is 12.8 Å². The van der Waals surface area contributed by atoms with Crippen molar-refractivity contribution >= 4 is 0 Å². The molecule has 100 valence electrons. The number of rotatable bonds is 1. The topological polar surface area (TPSA) is 56.5 Å². The molecule has 1 aromatic carbocycles. The minimum absolute atomic E-state index is 0.184. The van der Waals surface area contributed by atoms with Gasteiger partial charge in [-0.15, -0.1) is 0 Å². The van der Waals surface area contributed by atoms with Crippen LogP contribution >= 0.6 is 0 Å². The van der Waals surface area contributed by atoms with Gasteiger partial charge in [-0.2, -0.15) is 5.26 Å². The largest absolute Gasteiger partial charge is 0.508 e. The van der Waals surface area contributed by atoms with Crippen LogP contribution in [-0.4, -0.2) is 29.7 Å². The maximum absolute atomic E-state index is 9.74. The molecule has 0 saturated carbocycles. The second kappa shape index (κ2) is 4.75. The van der Waals surface area contributed by atoms with Gasteiger partial charge in [0.2, 0.25) is 0 Å². The Bertz CT molecular complexity index is 515. The van der Waals surface area contributed by atoms with Gasteiger partial charge in [-0.3, -0.25) is 4.90 Å². The van der Waals surface area contributed by atoms with Gasteiger partial charge in [0.1, 0.15) is 18.1 Å². The lowest BCUT2D eigenvalue weighted by molar-refractivity contribution is 0.111. The molecule has 19 heavy (non-hydrogen) atoms. The number of ether oxygens (including phenoxy) is 1. The first-order valence-electron chi connectivity index (χ1n) is 6.89. The van der Waals surface area contributed by atoms with Crippen LogP contribution in [0.4, 0.5) is 0 Å². The molecular weight excluding hydrogens is 240 g/mol. The van der Waals surface area contributed by atoms with Crippen LogP contribution in [0.5, 0.6) is 11.5 Å². The molecule has 1 saturated heterocycles. The van der Waals surface area contributed by atoms with Gasteiger partial charge in [-0.25, -0.2) is 0 Å². The lowest BCUT2D eigenvalue weighted by Crippen LogP contribution is -2.47. The Kier molecular flexibility index (Phi) is 3.08. The van der Waals surface area contributed by atoms with E-state index < -0.39 is 5.54 Å². The zero-order chi connectivity index (χ0) is 13.3. The molecule has 0 aliphatic carbocycles. The zero-order valence-electron chi connectivity index (χ0n) is 10.9. The zero-order valence-corrected chi connectivity index (χ0v) is 10.9. The van der Waals surface area contributed by atoms with Crippen LogP contribution in [0.3, 0.4) is 0 Å². The molecule has 2 heterocycles. The van der Waals surface area contributed by atoms with Gasteiger partial charge in [0.25, 0.3) is 0 Å². The van der Waals surface area contributed by atoms with Gasteiger partial charge in [-0.1, -0.05) is 12.8 Å². The number of nitriles is 1. The Morgan fingerprint density at radius 3 is 2.63 bits per heavy atom. The highest BCUT2D eigenvalue weighted by Crippen LogP contribution is 2.43. The molecule has 0 amide bonds. The Morgan fingerprint density at radius 2 is 1.95 bits per heavy atom. The van der Waals surface area contributed by atoms with Crippen molar-refractivity contribution in [3.8, 4) is 17.6 Å². The third-order valence-corrected chi connectivity index (χ3v) is 4.18. The summed E-state index contributed by atoms with van der Waals surface area (Å²) in [5.74, 6) is 0.828. The van der Waals surface area contributed by atoms with E-state index in [0.29, 0.717) is 12.4 Å². The first-order valence-corrected chi connectivity index (χ1v) is 6.89. The number of likely N-dealkylation sites (tertiary alicyclic amines) is 1. The summed E-state index contributed by atoms with van der Waals surface area (Å²) in [7, 11) is 0. The van der Waals surface area contributed by atoms with Gasteiger partial charge >= 0.3 is 0 Å². The van der Waals surface area contributed by atoms with Crippen LogP contribution in [0, 0.1) is 11.3 Å². The predicted octanol–water partition coefficient (Wildman–Crippen LogP) is 2.38. The molecule has 2 aliphatic heterocycles. The number of phenolic OH excluding ortho intramolecular Hbond substituents is 1. The monoisotopic (exact) mass is 258 g/mol. The van der Waals surface area contributed by atoms with Gasteiger partial charge in [0.15, 0.2) is 5.54 Å². The van der Waals surface area contributed by atoms with Crippen molar-refractivity contribution in [1.82, 2.24) is 4.90 Å². The summed E-state index contributed by atoms with van der Waals surface area (Å²) in [6.07, 6.45) is 4.75. The highest BCUT2D eigenvalue weighted by molar-refractivity contribution is 5.50. The highest BCUT2D eigenvalue weighted by atomic mass is 16.5. The number of fused-ring (bicyclic) bond motifs is 1. The minimum Gasteiger partial charge on any atom is -0.508 e. The van der Waals surface area contributed by atoms with Crippen molar-refractivity contribution in [3.05, 3.63) is 23.8 Å². The second-order valence-electron chi connectivity index (χ2n) is 5.34. The molecule has 0 bridgehead atoms. The number of benzene rings is 1. The van der Waals surface area contributed by atoms with Crippen LogP contribution in [0.25, 0.3) is 0 Å². The van der Waals surface area contributed by atoms with E-state index in [2.05, 4.69) is 11.0 Å². The summed E-state index contributed by atoms with van der Waals surface area (Å²) in [5, 5.41) is 19.3. The van der Waals surface area contributed by atoms with Crippen LogP contribution in [-0.2, 0) is 5.54 Å². The maximum Gasteiger partial charge on any atom is 0.172 e. The van der Waals surface area contributed by atoms with Crippen molar-refractivity contribution in [2.75, 3.05) is 19.7 Å². The summed E-state index contributed by atoms with van der Waals surface area (Å²) >= 11 is 0. The average Bonchev–Trinajstić information content (AvgIpc) is 2.62. The lowest BCUT2D eigenvalue weighted by Gasteiger charge is -2.33.